The van der Waals surface area contributed by atoms with E-state index in [0.717, 1.165) is 4.90 Å². The highest BCUT2D eigenvalue weighted by molar-refractivity contribution is 7.92. The fourth-order valence-electron chi connectivity index (χ4n) is 4.08. The molecule has 198 valence electrons. The Balaban J connectivity index is 1.89. The zero-order chi connectivity index (χ0) is 26.7. The molecule has 1 atom stereocenters. The molecular weight excluding hydrogens is 524 g/mol. The number of carbonyl (C=O) groups excluding carboxylic acids is 1. The van der Waals surface area contributed by atoms with Crippen LogP contribution in [0.25, 0.3) is 11.6 Å². The first-order valence-electron chi connectivity index (χ1n) is 10.6. The number of aliphatic hydroxyl groups is 1. The molecule has 2 aliphatic heterocycles. The summed E-state index contributed by atoms with van der Waals surface area (Å²) in [5.74, 6) is -4.29. The van der Waals surface area contributed by atoms with E-state index in [-0.39, 0.29) is 25.8 Å². The van der Waals surface area contributed by atoms with Gasteiger partial charge in [0.05, 0.1) is 28.8 Å². The number of hydrogen-bond donors (Lipinski definition) is 2. The Morgan fingerprint density at radius 1 is 1.08 bits per heavy atom. The predicted octanol–water partition coefficient (Wildman–Crippen LogP) is 2.30. The van der Waals surface area contributed by atoms with E-state index in [0.29, 0.717) is 6.07 Å². The lowest BCUT2D eigenvalue weighted by Crippen LogP contribution is -2.56. The van der Waals surface area contributed by atoms with Gasteiger partial charge in [-0.15, -0.1) is 10.2 Å². The minimum Gasteiger partial charge on any atom is -0.416 e. The van der Waals surface area contributed by atoms with Crippen molar-refractivity contribution >= 4 is 21.4 Å². The molecule has 0 saturated carbocycles. The van der Waals surface area contributed by atoms with E-state index < -0.39 is 92.1 Å². The summed E-state index contributed by atoms with van der Waals surface area (Å²) in [5, 5.41) is 17.0. The summed E-state index contributed by atoms with van der Waals surface area (Å²) in [6, 6.07) is -0.585. The minimum atomic E-state index is -5.24. The lowest BCUT2D eigenvalue weighted by Gasteiger charge is -2.37. The number of nitrogen functional groups attached to an aromatic ring is 1. The van der Waals surface area contributed by atoms with Crippen molar-refractivity contribution in [1.29, 1.82) is 0 Å². The predicted molar refractivity (Wildman–Crippen MR) is 109 cm³/mol. The van der Waals surface area contributed by atoms with Gasteiger partial charge in [0.25, 0.3) is 17.7 Å². The van der Waals surface area contributed by atoms with Gasteiger partial charge in [0.1, 0.15) is 5.69 Å². The molecule has 0 spiro atoms. The van der Waals surface area contributed by atoms with Crippen LogP contribution in [0.5, 0.6) is 0 Å². The van der Waals surface area contributed by atoms with Crippen LogP contribution >= 0.6 is 0 Å². The number of carbonyl (C=O) groups is 1. The number of hydrogen-bond acceptors (Lipinski definition) is 9. The molecule has 1 fully saturated rings. The van der Waals surface area contributed by atoms with Crippen LogP contribution in [0.2, 0.25) is 0 Å². The van der Waals surface area contributed by atoms with Gasteiger partial charge in [-0.05, 0) is 25.3 Å². The van der Waals surface area contributed by atoms with Gasteiger partial charge in [-0.25, -0.2) is 13.4 Å². The number of halogens is 6. The van der Waals surface area contributed by atoms with Gasteiger partial charge in [-0.1, -0.05) is 6.42 Å². The number of nitrogens with two attached hydrogens (primary N) is 1. The molecule has 0 aliphatic carbocycles. The topological polar surface area (TPSA) is 153 Å². The van der Waals surface area contributed by atoms with Crippen molar-refractivity contribution in [2.75, 3.05) is 23.8 Å². The molecule has 17 heteroatoms. The average molecular weight is 543 g/mol. The maximum absolute atomic E-state index is 13.8. The van der Waals surface area contributed by atoms with Crippen molar-refractivity contribution in [1.82, 2.24) is 20.1 Å². The Hall–Kier alpha value is -2.95. The van der Waals surface area contributed by atoms with Crippen molar-refractivity contribution in [3.8, 4) is 11.6 Å². The summed E-state index contributed by atoms with van der Waals surface area (Å²) in [7, 11) is -3.49. The lowest BCUT2D eigenvalue weighted by atomic mass is 9.95. The number of anilines is 1. The quantitative estimate of drug-likeness (QED) is 0.516. The van der Waals surface area contributed by atoms with E-state index in [4.69, 9.17) is 10.2 Å². The maximum atomic E-state index is 13.8. The van der Waals surface area contributed by atoms with Crippen LogP contribution in [-0.2, 0) is 21.6 Å². The first kappa shape index (κ1) is 26.1. The largest absolute Gasteiger partial charge is 0.426 e. The first-order chi connectivity index (χ1) is 16.5. The molecule has 36 heavy (non-hydrogen) atoms. The third kappa shape index (κ3) is 4.60. The molecule has 10 nitrogen and oxygen atoms in total. The van der Waals surface area contributed by atoms with E-state index in [2.05, 4.69) is 15.2 Å². The number of rotatable bonds is 1. The van der Waals surface area contributed by atoms with Crippen molar-refractivity contribution in [3.63, 3.8) is 0 Å². The van der Waals surface area contributed by atoms with E-state index in [1.54, 1.807) is 0 Å². The Labute approximate surface area is 199 Å². The zero-order valence-electron chi connectivity index (χ0n) is 18.2. The normalized spacial score (nSPS) is 23.8. The maximum Gasteiger partial charge on any atom is 0.426 e. The summed E-state index contributed by atoms with van der Waals surface area (Å²) in [5.41, 5.74) is -2.01. The van der Waals surface area contributed by atoms with Crippen molar-refractivity contribution < 1.29 is 49.1 Å². The second-order valence-corrected chi connectivity index (χ2v) is 10.8. The summed E-state index contributed by atoms with van der Waals surface area (Å²) < 4.78 is 111. The van der Waals surface area contributed by atoms with Gasteiger partial charge in [-0.2, -0.15) is 26.3 Å². The number of amides is 1. The second-order valence-electron chi connectivity index (χ2n) is 8.63. The highest BCUT2D eigenvalue weighted by atomic mass is 32.2. The van der Waals surface area contributed by atoms with Gasteiger partial charge < -0.3 is 20.2 Å². The molecular formula is C19H19F6N5O5S. The molecule has 3 N–H and O–H groups in total. The van der Waals surface area contributed by atoms with Crippen LogP contribution in [0.4, 0.5) is 32.0 Å². The van der Waals surface area contributed by atoms with E-state index in [1.165, 1.54) is 0 Å². The molecule has 2 aromatic rings. The van der Waals surface area contributed by atoms with Gasteiger partial charge >= 0.3 is 12.4 Å². The number of sulfone groups is 1. The standard InChI is InChI=1S/C19H19F6N5O5S/c20-18(21,22)10-6-11(26)13-14-28-29-16(35-14)17(32,19(23,24)25)4-2-1-3-5-30(15(31)12(10)27-13)9-7-36(33,34)8-9/h6,9,32H,1-5,7-8,26H2/t17-/m1/s1. The van der Waals surface area contributed by atoms with Crippen LogP contribution in [-0.4, -0.2) is 69.8 Å². The van der Waals surface area contributed by atoms with Gasteiger partial charge in [-0.3, -0.25) is 4.79 Å². The molecule has 1 saturated heterocycles. The smallest absolute Gasteiger partial charge is 0.416 e. The number of pyridine rings is 1. The monoisotopic (exact) mass is 543 g/mol. The zero-order valence-corrected chi connectivity index (χ0v) is 19.0. The third-order valence-electron chi connectivity index (χ3n) is 6.04. The highest BCUT2D eigenvalue weighted by Gasteiger charge is 2.58. The summed E-state index contributed by atoms with van der Waals surface area (Å²) >= 11 is 0. The summed E-state index contributed by atoms with van der Waals surface area (Å²) in [4.78, 5) is 17.8. The van der Waals surface area contributed by atoms with Gasteiger partial charge in [0.15, 0.2) is 15.5 Å². The molecule has 2 aromatic heterocycles. The molecule has 2 aliphatic rings. The first-order valence-corrected chi connectivity index (χ1v) is 12.4. The van der Waals surface area contributed by atoms with Crippen molar-refractivity contribution in [2.24, 2.45) is 0 Å². The molecule has 4 heterocycles. The number of fused-ring (bicyclic) bond motifs is 5. The minimum absolute atomic E-state index is 0.00842. The van der Waals surface area contributed by atoms with Gasteiger partial charge in [0, 0.05) is 6.54 Å². The molecule has 0 unspecified atom stereocenters. The van der Waals surface area contributed by atoms with E-state index >= 15 is 0 Å². The van der Waals surface area contributed by atoms with Crippen LogP contribution in [0.3, 0.4) is 0 Å². The lowest BCUT2D eigenvalue weighted by molar-refractivity contribution is -0.277. The fourth-order valence-corrected chi connectivity index (χ4v) is 5.51. The van der Waals surface area contributed by atoms with Crippen LogP contribution < -0.4 is 5.73 Å². The van der Waals surface area contributed by atoms with Crippen LogP contribution in [0, 0.1) is 0 Å². The van der Waals surface area contributed by atoms with Crippen LogP contribution in [0.15, 0.2) is 10.5 Å². The Bertz CT molecular complexity index is 1280. The van der Waals surface area contributed by atoms with Crippen LogP contribution in [0.1, 0.15) is 47.6 Å². The second kappa shape index (κ2) is 8.57. The fraction of sp³-hybridized carbons (Fsp3) is 0.579. The SMILES string of the molecule is Nc1cc(C(F)(F)F)c2nc1-c1nnc(o1)[C@@](O)(C(F)(F)F)CCCCCN(C1CS(=O)(=O)C1)C2=O. The molecule has 1 amide bonds. The number of nitrogens with zero attached hydrogens (tertiary/aromatic N) is 4. The van der Waals surface area contributed by atoms with E-state index in [1.807, 2.05) is 0 Å². The Morgan fingerprint density at radius 3 is 2.33 bits per heavy atom. The van der Waals surface area contributed by atoms with Crippen molar-refractivity contribution in [2.45, 2.75) is 49.7 Å². The number of alkyl halides is 6. The Morgan fingerprint density at radius 2 is 1.75 bits per heavy atom. The summed E-state index contributed by atoms with van der Waals surface area (Å²) in [6.07, 6.45) is -11.4. The van der Waals surface area contributed by atoms with Crippen molar-refractivity contribution in [3.05, 3.63) is 23.2 Å². The van der Waals surface area contributed by atoms with Gasteiger partial charge in [0.2, 0.25) is 5.60 Å². The molecule has 0 aromatic carbocycles. The highest BCUT2D eigenvalue weighted by Crippen LogP contribution is 2.44. The Kier molecular flexibility index (Phi) is 6.22. The number of aromatic nitrogens is 3. The summed E-state index contributed by atoms with van der Waals surface area (Å²) in [6.45, 7) is -0.249. The molecule has 4 rings (SSSR count). The average Bonchev–Trinajstić information content (AvgIpc) is 3.22. The molecule has 0 radical (unpaired) electrons. The third-order valence-corrected chi connectivity index (χ3v) is 7.83. The van der Waals surface area contributed by atoms with E-state index in [9.17, 15) is 44.7 Å². The molecule has 4 bridgehead atoms.